The summed E-state index contributed by atoms with van der Waals surface area (Å²) in [7, 11) is -3.97. The van der Waals surface area contributed by atoms with Gasteiger partial charge in [0.1, 0.15) is 11.6 Å². The van der Waals surface area contributed by atoms with Gasteiger partial charge in [-0.3, -0.25) is 4.79 Å². The second-order valence-corrected chi connectivity index (χ2v) is 7.94. The van der Waals surface area contributed by atoms with E-state index in [1.165, 1.54) is 18.2 Å². The summed E-state index contributed by atoms with van der Waals surface area (Å²) in [6, 6.07) is 3.16. The number of esters is 1. The molecule has 1 aliphatic rings. The smallest absolute Gasteiger partial charge is 0.374 e. The van der Waals surface area contributed by atoms with Gasteiger partial charge >= 0.3 is 11.9 Å². The predicted octanol–water partition coefficient (Wildman–Crippen LogP) is 2.16. The van der Waals surface area contributed by atoms with Crippen LogP contribution in [0.5, 0.6) is 0 Å². The first-order chi connectivity index (χ1) is 12.3. The number of benzene rings is 1. The first-order valence-corrected chi connectivity index (χ1v) is 9.66. The van der Waals surface area contributed by atoms with Crippen molar-refractivity contribution in [2.24, 2.45) is 0 Å². The van der Waals surface area contributed by atoms with E-state index in [2.05, 4.69) is 0 Å². The molecule has 140 valence electrons. The van der Waals surface area contributed by atoms with Crippen LogP contribution in [0, 0.1) is 6.92 Å². The summed E-state index contributed by atoms with van der Waals surface area (Å²) in [6.45, 7) is 3.68. The summed E-state index contributed by atoms with van der Waals surface area (Å²) in [5.41, 5.74) is 0.840. The quantitative estimate of drug-likeness (QED) is 0.789. The summed E-state index contributed by atoms with van der Waals surface area (Å²) in [5.74, 6) is -1.74. The Morgan fingerprint density at radius 1 is 1.38 bits per heavy atom. The maximum absolute atomic E-state index is 12.9. The van der Waals surface area contributed by atoms with E-state index in [-0.39, 0.29) is 30.2 Å². The number of rotatable bonds is 5. The van der Waals surface area contributed by atoms with Gasteiger partial charge in [-0.1, -0.05) is 0 Å². The number of furan rings is 1. The second-order valence-electron chi connectivity index (χ2n) is 6.05. The van der Waals surface area contributed by atoms with Gasteiger partial charge in [-0.2, -0.15) is 4.31 Å². The third kappa shape index (κ3) is 2.97. The Morgan fingerprint density at radius 3 is 2.77 bits per heavy atom. The van der Waals surface area contributed by atoms with Gasteiger partial charge in [-0.05, 0) is 44.9 Å². The predicted molar refractivity (Wildman–Crippen MR) is 91.5 cm³/mol. The normalized spacial score (nSPS) is 18.3. The van der Waals surface area contributed by atoms with Crippen LogP contribution in [0.2, 0.25) is 0 Å². The number of carbonyl (C=O) groups is 2. The summed E-state index contributed by atoms with van der Waals surface area (Å²) in [6.07, 6.45) is 0.782. The lowest BCUT2D eigenvalue weighted by molar-refractivity contribution is -0.140. The zero-order valence-corrected chi connectivity index (χ0v) is 15.2. The molecule has 0 amide bonds. The highest BCUT2D eigenvalue weighted by Gasteiger charge is 2.39. The van der Waals surface area contributed by atoms with Crippen LogP contribution >= 0.6 is 0 Å². The van der Waals surface area contributed by atoms with Crippen molar-refractivity contribution < 1.29 is 32.3 Å². The lowest BCUT2D eigenvalue weighted by Gasteiger charge is -2.20. The van der Waals surface area contributed by atoms with Crippen LogP contribution in [0.25, 0.3) is 11.0 Å². The van der Waals surface area contributed by atoms with E-state index in [4.69, 9.17) is 9.15 Å². The highest BCUT2D eigenvalue weighted by Crippen LogP contribution is 2.31. The van der Waals surface area contributed by atoms with Crippen molar-refractivity contribution in [1.29, 1.82) is 0 Å². The molecule has 1 aromatic heterocycles. The van der Waals surface area contributed by atoms with Crippen LogP contribution in [0.3, 0.4) is 0 Å². The number of carboxylic acids is 1. The van der Waals surface area contributed by atoms with Crippen molar-refractivity contribution in [3.8, 4) is 0 Å². The van der Waals surface area contributed by atoms with Crippen LogP contribution in [0.15, 0.2) is 27.5 Å². The molecule has 2 heterocycles. The number of hydrogen-bond acceptors (Lipinski definition) is 6. The van der Waals surface area contributed by atoms with Crippen molar-refractivity contribution in [2.45, 2.75) is 37.6 Å². The van der Waals surface area contributed by atoms with Gasteiger partial charge in [0.2, 0.25) is 15.8 Å². The van der Waals surface area contributed by atoms with Gasteiger partial charge in [0.25, 0.3) is 0 Å². The molecule has 8 nitrogen and oxygen atoms in total. The van der Waals surface area contributed by atoms with Gasteiger partial charge in [0, 0.05) is 17.5 Å². The lowest BCUT2D eigenvalue weighted by atomic mass is 10.1. The van der Waals surface area contributed by atoms with E-state index in [0.29, 0.717) is 23.0 Å². The Hall–Kier alpha value is -2.39. The van der Waals surface area contributed by atoms with Crippen molar-refractivity contribution in [1.82, 2.24) is 4.31 Å². The highest BCUT2D eigenvalue weighted by molar-refractivity contribution is 7.89. The van der Waals surface area contributed by atoms with E-state index in [1.54, 1.807) is 13.8 Å². The molecule has 1 aliphatic heterocycles. The Balaban J connectivity index is 2.05. The SMILES string of the molecule is CCOC(=O)c1oc2ccc(S(=O)(=O)N3CCC[C@H]3C(=O)O)cc2c1C. The molecule has 0 unspecified atom stereocenters. The molecule has 0 aliphatic carbocycles. The molecular formula is C17H19NO7S. The average molecular weight is 381 g/mol. The molecule has 9 heteroatoms. The van der Waals surface area contributed by atoms with E-state index < -0.39 is 28.0 Å². The molecule has 2 aromatic rings. The Bertz CT molecular complexity index is 976. The van der Waals surface area contributed by atoms with Gasteiger partial charge in [-0.15, -0.1) is 0 Å². The molecule has 0 radical (unpaired) electrons. The summed E-state index contributed by atoms with van der Waals surface area (Å²) in [4.78, 5) is 23.2. The third-order valence-corrected chi connectivity index (χ3v) is 6.37. The zero-order valence-electron chi connectivity index (χ0n) is 14.4. The van der Waals surface area contributed by atoms with E-state index in [1.807, 2.05) is 0 Å². The number of carbonyl (C=O) groups excluding carboxylic acids is 1. The first kappa shape index (κ1) is 18.4. The largest absolute Gasteiger partial charge is 0.480 e. The summed E-state index contributed by atoms with van der Waals surface area (Å²) < 4.78 is 37.2. The molecule has 1 aromatic carbocycles. The number of aryl methyl sites for hydroxylation is 1. The van der Waals surface area contributed by atoms with Crippen molar-refractivity contribution in [2.75, 3.05) is 13.2 Å². The van der Waals surface area contributed by atoms with Crippen LogP contribution in [-0.4, -0.2) is 49.0 Å². The summed E-state index contributed by atoms with van der Waals surface area (Å²) in [5, 5.41) is 9.72. The standard InChI is InChI=1S/C17H19NO7S/c1-3-24-17(21)15-10(2)12-9-11(6-7-14(12)25-15)26(22,23)18-8-4-5-13(18)16(19)20/h6-7,9,13H,3-5,8H2,1-2H3,(H,19,20)/t13-/m0/s1. The molecule has 3 rings (SSSR count). The van der Waals surface area contributed by atoms with E-state index >= 15 is 0 Å². The topological polar surface area (TPSA) is 114 Å². The van der Waals surface area contributed by atoms with E-state index in [9.17, 15) is 23.1 Å². The van der Waals surface area contributed by atoms with Crippen LogP contribution < -0.4 is 0 Å². The number of ether oxygens (including phenoxy) is 1. The summed E-state index contributed by atoms with van der Waals surface area (Å²) >= 11 is 0. The molecular weight excluding hydrogens is 362 g/mol. The molecule has 1 N–H and O–H groups in total. The minimum absolute atomic E-state index is 0.0287. The molecule has 26 heavy (non-hydrogen) atoms. The zero-order chi connectivity index (χ0) is 19.1. The fourth-order valence-electron chi connectivity index (χ4n) is 3.16. The fourth-order valence-corrected chi connectivity index (χ4v) is 4.84. The van der Waals surface area contributed by atoms with Crippen molar-refractivity contribution >= 4 is 32.9 Å². The van der Waals surface area contributed by atoms with Gasteiger partial charge in [-0.25, -0.2) is 13.2 Å². The number of carboxylic acid groups (broad SMARTS) is 1. The lowest BCUT2D eigenvalue weighted by Crippen LogP contribution is -2.40. The number of sulfonamides is 1. The minimum Gasteiger partial charge on any atom is -0.480 e. The third-order valence-electron chi connectivity index (χ3n) is 4.46. The average Bonchev–Trinajstić information content (AvgIpc) is 3.20. The molecule has 1 saturated heterocycles. The van der Waals surface area contributed by atoms with Crippen LogP contribution in [0.4, 0.5) is 0 Å². The number of nitrogens with zero attached hydrogens (tertiary/aromatic N) is 1. The van der Waals surface area contributed by atoms with Gasteiger partial charge < -0.3 is 14.3 Å². The Morgan fingerprint density at radius 2 is 2.12 bits per heavy atom. The fraction of sp³-hybridized carbons (Fsp3) is 0.412. The minimum atomic E-state index is -3.97. The van der Waals surface area contributed by atoms with Crippen LogP contribution in [0.1, 0.15) is 35.9 Å². The molecule has 0 spiro atoms. The number of hydrogen-bond donors (Lipinski definition) is 1. The first-order valence-electron chi connectivity index (χ1n) is 8.22. The van der Waals surface area contributed by atoms with Gasteiger partial charge in [0.05, 0.1) is 11.5 Å². The van der Waals surface area contributed by atoms with Crippen LogP contribution in [-0.2, 0) is 19.6 Å². The maximum atomic E-state index is 12.9. The van der Waals surface area contributed by atoms with Crippen molar-refractivity contribution in [3.05, 3.63) is 29.5 Å². The monoisotopic (exact) mass is 381 g/mol. The van der Waals surface area contributed by atoms with Gasteiger partial charge in [0.15, 0.2) is 0 Å². The number of fused-ring (bicyclic) bond motifs is 1. The molecule has 0 saturated carbocycles. The Kier molecular flexibility index (Phi) is 4.76. The molecule has 1 atom stereocenters. The highest BCUT2D eigenvalue weighted by atomic mass is 32.2. The molecule has 0 bridgehead atoms. The maximum Gasteiger partial charge on any atom is 0.374 e. The second kappa shape index (κ2) is 6.73. The molecule has 1 fully saturated rings. The van der Waals surface area contributed by atoms with E-state index in [0.717, 1.165) is 4.31 Å². The Labute approximate surface area is 150 Å². The number of aliphatic carboxylic acids is 1. The van der Waals surface area contributed by atoms with Crippen molar-refractivity contribution in [3.63, 3.8) is 0 Å².